The van der Waals surface area contributed by atoms with Crippen LogP contribution in [0.4, 0.5) is 11.4 Å². The van der Waals surface area contributed by atoms with E-state index in [2.05, 4.69) is 5.32 Å². The maximum absolute atomic E-state index is 12.9. The van der Waals surface area contributed by atoms with Crippen molar-refractivity contribution in [2.75, 3.05) is 37.4 Å². The molecule has 0 spiro atoms. The number of nitrogens with one attached hydrogen (secondary N) is 1. The van der Waals surface area contributed by atoms with E-state index in [1.54, 1.807) is 12.1 Å². The molecule has 1 saturated heterocycles. The Morgan fingerprint density at radius 2 is 1.75 bits per heavy atom. The summed E-state index contributed by atoms with van der Waals surface area (Å²) in [5.74, 6) is -0.544. The Balaban J connectivity index is 1.68. The van der Waals surface area contributed by atoms with E-state index in [0.717, 1.165) is 5.69 Å². The zero-order valence-corrected chi connectivity index (χ0v) is 17.5. The third kappa shape index (κ3) is 4.66. The second-order valence-electron chi connectivity index (χ2n) is 7.09. The third-order valence-corrected chi connectivity index (χ3v) is 6.99. The molecule has 0 radical (unpaired) electrons. The lowest BCUT2D eigenvalue weighted by molar-refractivity contribution is -0.120. The second-order valence-corrected chi connectivity index (χ2v) is 9.46. The van der Waals surface area contributed by atoms with Gasteiger partial charge in [-0.3, -0.25) is 4.79 Å². The molecule has 6 nitrogen and oxygen atoms in total. The molecule has 0 aliphatic carbocycles. The molecule has 1 aliphatic rings. The van der Waals surface area contributed by atoms with Crippen molar-refractivity contribution in [1.29, 1.82) is 0 Å². The zero-order valence-electron chi connectivity index (χ0n) is 15.9. The molecule has 0 saturated carbocycles. The summed E-state index contributed by atoms with van der Waals surface area (Å²) in [7, 11) is 0.255. The Bertz CT molecular complexity index is 928. The van der Waals surface area contributed by atoms with E-state index < -0.39 is 10.0 Å². The van der Waals surface area contributed by atoms with Crippen LogP contribution < -0.4 is 10.2 Å². The van der Waals surface area contributed by atoms with Crippen molar-refractivity contribution < 1.29 is 13.2 Å². The topological polar surface area (TPSA) is 69.7 Å². The molecule has 0 aromatic heterocycles. The number of sulfonamides is 1. The zero-order chi connectivity index (χ0) is 20.3. The summed E-state index contributed by atoms with van der Waals surface area (Å²) in [5, 5.41) is 3.38. The Morgan fingerprint density at radius 1 is 1.11 bits per heavy atom. The lowest BCUT2D eigenvalue weighted by Gasteiger charge is -2.31. The van der Waals surface area contributed by atoms with E-state index in [0.29, 0.717) is 30.1 Å². The molecule has 2 aromatic rings. The number of hydrogen-bond acceptors (Lipinski definition) is 4. The summed E-state index contributed by atoms with van der Waals surface area (Å²) in [6.45, 7) is 0.582. The van der Waals surface area contributed by atoms with Gasteiger partial charge in [-0.25, -0.2) is 8.42 Å². The van der Waals surface area contributed by atoms with Crippen molar-refractivity contribution in [3.63, 3.8) is 0 Å². The first-order chi connectivity index (χ1) is 13.3. The lowest BCUT2D eigenvalue weighted by Crippen LogP contribution is -2.43. The Labute approximate surface area is 171 Å². The quantitative estimate of drug-likeness (QED) is 0.802. The minimum Gasteiger partial charge on any atom is -0.378 e. The molecule has 150 valence electrons. The number of carbonyl (C=O) groups is 1. The van der Waals surface area contributed by atoms with Crippen molar-refractivity contribution in [3.05, 3.63) is 53.6 Å². The molecule has 1 heterocycles. The Kier molecular flexibility index (Phi) is 6.27. The van der Waals surface area contributed by atoms with Crippen molar-refractivity contribution in [1.82, 2.24) is 4.31 Å². The van der Waals surface area contributed by atoms with E-state index in [-0.39, 0.29) is 23.3 Å². The largest absolute Gasteiger partial charge is 0.378 e. The molecule has 1 N–H and O–H groups in total. The highest BCUT2D eigenvalue weighted by atomic mass is 35.5. The minimum atomic E-state index is -3.64. The van der Waals surface area contributed by atoms with E-state index in [1.807, 2.05) is 43.3 Å². The van der Waals surface area contributed by atoms with Gasteiger partial charge in [-0.2, -0.15) is 4.31 Å². The lowest BCUT2D eigenvalue weighted by atomic mass is 9.98. The van der Waals surface area contributed by atoms with E-state index in [9.17, 15) is 13.2 Å². The number of benzene rings is 2. The monoisotopic (exact) mass is 421 g/mol. The fourth-order valence-electron chi connectivity index (χ4n) is 3.22. The van der Waals surface area contributed by atoms with Gasteiger partial charge in [-0.1, -0.05) is 11.6 Å². The van der Waals surface area contributed by atoms with Gasteiger partial charge >= 0.3 is 0 Å². The highest BCUT2D eigenvalue weighted by Gasteiger charge is 2.33. The average molecular weight is 422 g/mol. The molecule has 0 bridgehead atoms. The van der Waals surface area contributed by atoms with Crippen LogP contribution in [0.25, 0.3) is 0 Å². The maximum Gasteiger partial charge on any atom is 0.243 e. The predicted octanol–water partition coefficient (Wildman–Crippen LogP) is 3.45. The first kappa shape index (κ1) is 20.6. The molecular weight excluding hydrogens is 398 g/mol. The number of nitrogens with zero attached hydrogens (tertiary/aromatic N) is 2. The highest BCUT2D eigenvalue weighted by molar-refractivity contribution is 7.89. The van der Waals surface area contributed by atoms with Crippen LogP contribution in [0.2, 0.25) is 5.02 Å². The average Bonchev–Trinajstić information content (AvgIpc) is 2.69. The number of halogens is 1. The van der Waals surface area contributed by atoms with E-state index in [4.69, 9.17) is 11.6 Å². The molecule has 1 atom stereocenters. The molecular formula is C20H24ClN3O3S. The fraction of sp³-hybridized carbons (Fsp3) is 0.350. The first-order valence-electron chi connectivity index (χ1n) is 9.11. The van der Waals surface area contributed by atoms with Crippen LogP contribution >= 0.6 is 11.6 Å². The van der Waals surface area contributed by atoms with Gasteiger partial charge < -0.3 is 10.2 Å². The van der Waals surface area contributed by atoms with Crippen molar-refractivity contribution in [2.24, 2.45) is 5.92 Å². The van der Waals surface area contributed by atoms with Crippen LogP contribution in [-0.2, 0) is 14.8 Å². The third-order valence-electron chi connectivity index (χ3n) is 4.86. The molecule has 3 rings (SSSR count). The molecule has 28 heavy (non-hydrogen) atoms. The van der Waals surface area contributed by atoms with Crippen LogP contribution in [-0.4, -0.2) is 45.8 Å². The van der Waals surface area contributed by atoms with E-state index >= 15 is 0 Å². The summed E-state index contributed by atoms with van der Waals surface area (Å²) < 4.78 is 27.1. The number of carbonyl (C=O) groups excluding carboxylic acids is 1. The van der Waals surface area contributed by atoms with Gasteiger partial charge in [0.2, 0.25) is 15.9 Å². The van der Waals surface area contributed by atoms with Crippen LogP contribution in [0.3, 0.4) is 0 Å². The molecule has 8 heteroatoms. The molecule has 1 amide bonds. The number of anilines is 2. The number of rotatable bonds is 5. The number of hydrogen-bond donors (Lipinski definition) is 1. The van der Waals surface area contributed by atoms with Gasteiger partial charge in [0.15, 0.2) is 0 Å². The van der Waals surface area contributed by atoms with Gasteiger partial charge in [-0.15, -0.1) is 0 Å². The fourth-order valence-corrected chi connectivity index (χ4v) is 4.87. The van der Waals surface area contributed by atoms with Crippen molar-refractivity contribution >= 4 is 38.9 Å². The normalized spacial score (nSPS) is 17.9. The van der Waals surface area contributed by atoms with Gasteiger partial charge in [0.05, 0.1) is 10.8 Å². The highest BCUT2D eigenvalue weighted by Crippen LogP contribution is 2.26. The summed E-state index contributed by atoms with van der Waals surface area (Å²) >= 11 is 5.85. The number of piperidine rings is 1. The van der Waals surface area contributed by atoms with Crippen LogP contribution in [0.5, 0.6) is 0 Å². The van der Waals surface area contributed by atoms with Crippen molar-refractivity contribution in [2.45, 2.75) is 17.7 Å². The smallest absolute Gasteiger partial charge is 0.243 e. The first-order valence-corrected chi connectivity index (χ1v) is 10.9. The standard InChI is InChI=1S/C20H24ClN3O3S/c1-23(2)18-9-7-17(8-10-18)22-20(25)15-4-3-13-24(14-15)28(26,27)19-11-5-16(21)6-12-19/h5-12,15H,3-4,13-14H2,1-2H3,(H,22,25)/t15-/m0/s1. The summed E-state index contributed by atoms with van der Waals surface area (Å²) in [5.41, 5.74) is 1.74. The van der Waals surface area contributed by atoms with Crippen LogP contribution in [0, 0.1) is 5.92 Å². The molecule has 1 aliphatic heterocycles. The van der Waals surface area contributed by atoms with Crippen LogP contribution in [0.1, 0.15) is 12.8 Å². The Morgan fingerprint density at radius 3 is 2.36 bits per heavy atom. The summed E-state index contributed by atoms with van der Waals surface area (Å²) in [6, 6.07) is 13.6. The summed E-state index contributed by atoms with van der Waals surface area (Å²) in [6.07, 6.45) is 1.30. The second kappa shape index (κ2) is 8.51. The maximum atomic E-state index is 12.9. The molecule has 1 fully saturated rings. The van der Waals surface area contributed by atoms with Gasteiger partial charge in [-0.05, 0) is 61.4 Å². The number of amides is 1. The van der Waals surface area contributed by atoms with E-state index in [1.165, 1.54) is 16.4 Å². The van der Waals surface area contributed by atoms with Crippen molar-refractivity contribution in [3.8, 4) is 0 Å². The molecule has 2 aromatic carbocycles. The SMILES string of the molecule is CN(C)c1ccc(NC(=O)[C@H]2CCCN(S(=O)(=O)c3ccc(Cl)cc3)C2)cc1. The van der Waals surface area contributed by atoms with Gasteiger partial charge in [0.1, 0.15) is 0 Å². The summed E-state index contributed by atoms with van der Waals surface area (Å²) in [4.78, 5) is 14.8. The minimum absolute atomic E-state index is 0.159. The predicted molar refractivity (Wildman–Crippen MR) is 112 cm³/mol. The molecule has 0 unspecified atom stereocenters. The van der Waals surface area contributed by atoms with Gasteiger partial charge in [0.25, 0.3) is 0 Å². The van der Waals surface area contributed by atoms with Gasteiger partial charge in [0, 0.05) is 43.6 Å². The van der Waals surface area contributed by atoms with Crippen LogP contribution in [0.15, 0.2) is 53.4 Å². The Hall–Kier alpha value is -2.09.